The number of aryl methyl sites for hydroxylation is 1. The van der Waals surface area contributed by atoms with E-state index in [0.717, 1.165) is 6.42 Å². The highest BCUT2D eigenvalue weighted by atomic mass is 14.9. The summed E-state index contributed by atoms with van der Waals surface area (Å²) in [6.45, 7) is 6.59. The van der Waals surface area contributed by atoms with Crippen LogP contribution in [-0.2, 0) is 6.42 Å². The zero-order chi connectivity index (χ0) is 12.5. The zero-order valence-electron chi connectivity index (χ0n) is 11.2. The molecule has 2 aromatic rings. The van der Waals surface area contributed by atoms with Gasteiger partial charge in [-0.25, -0.2) is 0 Å². The van der Waals surface area contributed by atoms with Gasteiger partial charge in [-0.2, -0.15) is 0 Å². The summed E-state index contributed by atoms with van der Waals surface area (Å²) in [6, 6.07) is 13.4. The predicted molar refractivity (Wildman–Crippen MR) is 75.5 cm³/mol. The highest BCUT2D eigenvalue weighted by Crippen LogP contribution is 2.20. The van der Waals surface area contributed by atoms with Gasteiger partial charge in [0.05, 0.1) is 0 Å². The molecule has 0 aliphatic rings. The van der Waals surface area contributed by atoms with Crippen molar-refractivity contribution in [3.05, 3.63) is 47.5 Å². The Morgan fingerprint density at radius 1 is 1.00 bits per heavy atom. The molecule has 0 bridgehead atoms. The van der Waals surface area contributed by atoms with E-state index in [9.17, 15) is 0 Å². The van der Waals surface area contributed by atoms with Crippen molar-refractivity contribution in [2.75, 3.05) is 7.05 Å². The fourth-order valence-electron chi connectivity index (χ4n) is 2.12. The van der Waals surface area contributed by atoms with Crippen LogP contribution in [0.5, 0.6) is 0 Å². The van der Waals surface area contributed by atoms with Gasteiger partial charge in [-0.15, -0.1) is 0 Å². The van der Waals surface area contributed by atoms with Crippen molar-refractivity contribution in [1.82, 2.24) is 5.32 Å². The first-order valence-electron chi connectivity index (χ1n) is 6.18. The average molecular weight is 227 g/mol. The molecule has 0 unspecified atom stereocenters. The molecule has 0 saturated carbocycles. The minimum Gasteiger partial charge on any atom is -0.314 e. The second kappa shape index (κ2) is 4.50. The highest BCUT2D eigenvalue weighted by molar-refractivity contribution is 5.83. The number of benzene rings is 2. The number of hydrogen-bond acceptors (Lipinski definition) is 1. The van der Waals surface area contributed by atoms with Crippen LogP contribution in [0.15, 0.2) is 36.4 Å². The second-order valence-corrected chi connectivity index (χ2v) is 5.50. The summed E-state index contributed by atoms with van der Waals surface area (Å²) in [5.74, 6) is 0. The third-order valence-corrected chi connectivity index (χ3v) is 3.38. The van der Waals surface area contributed by atoms with Crippen molar-refractivity contribution >= 4 is 10.8 Å². The Morgan fingerprint density at radius 3 is 2.35 bits per heavy atom. The van der Waals surface area contributed by atoms with Crippen LogP contribution in [0.2, 0.25) is 0 Å². The molecular formula is C16H21N. The fraction of sp³-hybridized carbons (Fsp3) is 0.375. The minimum absolute atomic E-state index is 0.151. The van der Waals surface area contributed by atoms with Gasteiger partial charge < -0.3 is 5.32 Å². The van der Waals surface area contributed by atoms with Gasteiger partial charge in [0.1, 0.15) is 0 Å². The van der Waals surface area contributed by atoms with Crippen molar-refractivity contribution in [2.45, 2.75) is 32.7 Å². The van der Waals surface area contributed by atoms with E-state index in [1.165, 1.54) is 21.9 Å². The van der Waals surface area contributed by atoms with Gasteiger partial charge >= 0.3 is 0 Å². The van der Waals surface area contributed by atoms with Crippen LogP contribution in [0.1, 0.15) is 25.0 Å². The van der Waals surface area contributed by atoms with Crippen molar-refractivity contribution in [3.8, 4) is 0 Å². The quantitative estimate of drug-likeness (QED) is 0.843. The molecule has 0 amide bonds. The Balaban J connectivity index is 2.35. The predicted octanol–water partition coefficient (Wildman–Crippen LogP) is 3.69. The minimum atomic E-state index is 0.151. The summed E-state index contributed by atoms with van der Waals surface area (Å²) >= 11 is 0. The number of rotatable bonds is 3. The van der Waals surface area contributed by atoms with E-state index in [4.69, 9.17) is 0 Å². The van der Waals surface area contributed by atoms with Gasteiger partial charge in [0.2, 0.25) is 0 Å². The Morgan fingerprint density at radius 2 is 1.65 bits per heavy atom. The van der Waals surface area contributed by atoms with Crippen LogP contribution in [-0.4, -0.2) is 12.6 Å². The van der Waals surface area contributed by atoms with E-state index in [0.29, 0.717) is 0 Å². The van der Waals surface area contributed by atoms with E-state index in [-0.39, 0.29) is 5.54 Å². The molecule has 0 heterocycles. The topological polar surface area (TPSA) is 12.0 Å². The number of nitrogens with one attached hydrogen (secondary N) is 1. The normalized spacial score (nSPS) is 12.0. The molecule has 2 rings (SSSR count). The molecule has 0 atom stereocenters. The number of hydrogen-bond donors (Lipinski definition) is 1. The Bertz CT molecular complexity index is 526. The monoisotopic (exact) mass is 227 g/mol. The Labute approximate surface area is 104 Å². The van der Waals surface area contributed by atoms with Crippen molar-refractivity contribution < 1.29 is 0 Å². The molecule has 0 aliphatic heterocycles. The first-order chi connectivity index (χ1) is 8.00. The zero-order valence-corrected chi connectivity index (χ0v) is 11.2. The van der Waals surface area contributed by atoms with Crippen LogP contribution in [0.25, 0.3) is 10.8 Å². The molecule has 17 heavy (non-hydrogen) atoms. The molecule has 90 valence electrons. The molecule has 0 fully saturated rings. The molecule has 0 aromatic heterocycles. The highest BCUT2D eigenvalue weighted by Gasteiger charge is 2.15. The maximum absolute atomic E-state index is 3.35. The molecule has 0 saturated heterocycles. The van der Waals surface area contributed by atoms with Gasteiger partial charge in [0.15, 0.2) is 0 Å². The molecule has 0 spiro atoms. The fourth-order valence-corrected chi connectivity index (χ4v) is 2.12. The second-order valence-electron chi connectivity index (χ2n) is 5.50. The standard InChI is InChI=1S/C16H21N/c1-12-5-7-15-10-13(6-8-14(15)9-12)11-16(2,3)17-4/h5-10,17H,11H2,1-4H3. The van der Waals surface area contributed by atoms with Gasteiger partial charge in [-0.1, -0.05) is 42.0 Å². The lowest BCUT2D eigenvalue weighted by Gasteiger charge is -2.24. The summed E-state index contributed by atoms with van der Waals surface area (Å²) in [6.07, 6.45) is 1.05. The molecule has 0 aliphatic carbocycles. The van der Waals surface area contributed by atoms with Gasteiger partial charge in [-0.3, -0.25) is 0 Å². The van der Waals surface area contributed by atoms with Crippen molar-refractivity contribution in [1.29, 1.82) is 0 Å². The lowest BCUT2D eigenvalue weighted by atomic mass is 9.93. The van der Waals surface area contributed by atoms with Crippen LogP contribution < -0.4 is 5.32 Å². The van der Waals surface area contributed by atoms with Gasteiger partial charge in [0.25, 0.3) is 0 Å². The van der Waals surface area contributed by atoms with E-state index < -0.39 is 0 Å². The third kappa shape index (κ3) is 2.86. The molecule has 1 heteroatoms. The number of likely N-dealkylation sites (N-methyl/N-ethyl adjacent to an activating group) is 1. The largest absolute Gasteiger partial charge is 0.314 e. The molecule has 1 N–H and O–H groups in total. The smallest absolute Gasteiger partial charge is 0.0162 e. The summed E-state index contributed by atoms with van der Waals surface area (Å²) in [5.41, 5.74) is 2.86. The maximum atomic E-state index is 3.35. The summed E-state index contributed by atoms with van der Waals surface area (Å²) < 4.78 is 0. The van der Waals surface area contributed by atoms with Crippen LogP contribution >= 0.6 is 0 Å². The first kappa shape index (κ1) is 12.1. The number of fused-ring (bicyclic) bond motifs is 1. The van der Waals surface area contributed by atoms with Crippen molar-refractivity contribution in [2.24, 2.45) is 0 Å². The van der Waals surface area contributed by atoms with Crippen LogP contribution in [0.4, 0.5) is 0 Å². The van der Waals surface area contributed by atoms with E-state index in [1.807, 2.05) is 7.05 Å². The Kier molecular flexibility index (Phi) is 3.21. The van der Waals surface area contributed by atoms with Crippen molar-refractivity contribution in [3.63, 3.8) is 0 Å². The van der Waals surface area contributed by atoms with Gasteiger partial charge in [-0.05, 0) is 50.6 Å². The van der Waals surface area contributed by atoms with E-state index in [1.54, 1.807) is 0 Å². The lowest BCUT2D eigenvalue weighted by Crippen LogP contribution is -2.38. The van der Waals surface area contributed by atoms with Crippen LogP contribution in [0.3, 0.4) is 0 Å². The summed E-state index contributed by atoms with van der Waals surface area (Å²) in [5, 5.41) is 6.01. The third-order valence-electron chi connectivity index (χ3n) is 3.38. The van der Waals surface area contributed by atoms with Crippen LogP contribution in [0, 0.1) is 6.92 Å². The molecule has 0 radical (unpaired) electrons. The SMILES string of the molecule is CNC(C)(C)Cc1ccc2cc(C)ccc2c1. The first-order valence-corrected chi connectivity index (χ1v) is 6.18. The average Bonchev–Trinajstić information content (AvgIpc) is 2.29. The molecule has 1 nitrogen and oxygen atoms in total. The van der Waals surface area contributed by atoms with E-state index >= 15 is 0 Å². The maximum Gasteiger partial charge on any atom is 0.0162 e. The van der Waals surface area contributed by atoms with E-state index in [2.05, 4.69) is 62.5 Å². The summed E-state index contributed by atoms with van der Waals surface area (Å²) in [7, 11) is 2.02. The molecular weight excluding hydrogens is 206 g/mol. The lowest BCUT2D eigenvalue weighted by molar-refractivity contribution is 0.422. The Hall–Kier alpha value is -1.34. The van der Waals surface area contributed by atoms with Gasteiger partial charge in [0, 0.05) is 5.54 Å². The molecule has 2 aromatic carbocycles. The summed E-state index contributed by atoms with van der Waals surface area (Å²) in [4.78, 5) is 0.